The normalized spacial score (nSPS) is 23.8. The average molecular weight is 669 g/mol. The first-order valence-electron chi connectivity index (χ1n) is 19.4. The Labute approximate surface area is 305 Å². The van der Waals surface area contributed by atoms with Crippen molar-refractivity contribution in [3.8, 4) is 16.8 Å². The Kier molecular flexibility index (Phi) is 5.98. The van der Waals surface area contributed by atoms with E-state index in [1.54, 1.807) is 11.1 Å². The molecule has 4 saturated carbocycles. The van der Waals surface area contributed by atoms with Gasteiger partial charge in [-0.15, -0.1) is 0 Å². The minimum Gasteiger partial charge on any atom is -0.310 e. The Balaban J connectivity index is 1.11. The van der Waals surface area contributed by atoms with Gasteiger partial charge in [-0.25, -0.2) is 0 Å². The number of nitrogens with zero attached hydrogens (tertiary/aromatic N) is 2. The maximum absolute atomic E-state index is 2.64. The topological polar surface area (TPSA) is 8.17 Å². The third-order valence-electron chi connectivity index (χ3n) is 13.7. The number of aromatic nitrogens is 1. The van der Waals surface area contributed by atoms with Crippen LogP contribution in [0.2, 0.25) is 0 Å². The number of benzene rings is 7. The largest absolute Gasteiger partial charge is 0.310 e. The predicted octanol–water partition coefficient (Wildman–Crippen LogP) is 13.1. The number of fused-ring (bicyclic) bond motifs is 7. The zero-order chi connectivity index (χ0) is 34.0. The van der Waals surface area contributed by atoms with E-state index in [-0.39, 0.29) is 5.41 Å². The number of anilines is 3. The summed E-state index contributed by atoms with van der Waals surface area (Å²) in [4.78, 5) is 2.56. The highest BCUT2D eigenvalue weighted by Crippen LogP contribution is 2.69. The van der Waals surface area contributed by atoms with Crippen LogP contribution in [0.5, 0.6) is 0 Å². The van der Waals surface area contributed by atoms with Crippen molar-refractivity contribution >= 4 is 49.6 Å². The summed E-state index contributed by atoms with van der Waals surface area (Å²) in [6, 6.07) is 59.5. The second-order valence-electron chi connectivity index (χ2n) is 16.2. The summed E-state index contributed by atoms with van der Waals surface area (Å²) >= 11 is 0. The SMILES string of the molecule is c1ccc(-n2c3ccccc3c3cc(N(c4ccc5c(c4)C4(c6ccccc6-5)C5CC6CC(C5)CC4C6)c4cccc5ccccc45)ccc32)cc1. The maximum Gasteiger partial charge on any atom is 0.0542 e. The highest BCUT2D eigenvalue weighted by atomic mass is 15.1. The van der Waals surface area contributed by atoms with Gasteiger partial charge in [-0.3, -0.25) is 0 Å². The Hall–Kier alpha value is -5.60. The van der Waals surface area contributed by atoms with Crippen LogP contribution < -0.4 is 4.90 Å². The maximum atomic E-state index is 2.64. The average Bonchev–Trinajstić information content (AvgIpc) is 3.67. The molecule has 1 spiro atoms. The zero-order valence-electron chi connectivity index (χ0n) is 29.3. The van der Waals surface area contributed by atoms with Gasteiger partial charge in [-0.1, -0.05) is 103 Å². The van der Waals surface area contributed by atoms with Crippen LogP contribution in [0, 0.1) is 23.7 Å². The van der Waals surface area contributed by atoms with E-state index in [1.807, 2.05) is 0 Å². The number of rotatable bonds is 4. The number of para-hydroxylation sites is 2. The minimum absolute atomic E-state index is 0.118. The first-order chi connectivity index (χ1) is 25.8. The number of hydrogen-bond acceptors (Lipinski definition) is 1. The van der Waals surface area contributed by atoms with Gasteiger partial charge < -0.3 is 9.47 Å². The molecule has 1 heterocycles. The van der Waals surface area contributed by atoms with Crippen molar-refractivity contribution in [3.63, 3.8) is 0 Å². The smallest absolute Gasteiger partial charge is 0.0542 e. The molecule has 2 heteroatoms. The monoisotopic (exact) mass is 668 g/mol. The van der Waals surface area contributed by atoms with Gasteiger partial charge in [0.2, 0.25) is 0 Å². The highest BCUT2D eigenvalue weighted by molar-refractivity contribution is 6.11. The molecule has 5 aliphatic carbocycles. The highest BCUT2D eigenvalue weighted by Gasteiger charge is 2.61. The molecule has 4 bridgehead atoms. The first-order valence-corrected chi connectivity index (χ1v) is 19.4. The van der Waals surface area contributed by atoms with Crippen molar-refractivity contribution in [2.45, 2.75) is 37.5 Å². The molecular weight excluding hydrogens is 629 g/mol. The van der Waals surface area contributed by atoms with Crippen LogP contribution in [0.15, 0.2) is 158 Å². The van der Waals surface area contributed by atoms with Crippen LogP contribution in [0.3, 0.4) is 0 Å². The molecule has 13 rings (SSSR count). The van der Waals surface area contributed by atoms with Crippen molar-refractivity contribution in [3.05, 3.63) is 169 Å². The summed E-state index contributed by atoms with van der Waals surface area (Å²) in [5.41, 5.74) is 13.6. The molecule has 0 N–H and O–H groups in total. The molecule has 1 aromatic heterocycles. The molecule has 2 nitrogen and oxygen atoms in total. The van der Waals surface area contributed by atoms with Crippen LogP contribution in [-0.2, 0) is 5.41 Å². The van der Waals surface area contributed by atoms with Gasteiger partial charge in [0.25, 0.3) is 0 Å². The van der Waals surface area contributed by atoms with Crippen LogP contribution >= 0.6 is 0 Å². The van der Waals surface area contributed by atoms with E-state index in [0.717, 1.165) is 23.7 Å². The lowest BCUT2D eigenvalue weighted by Crippen LogP contribution is -2.55. The predicted molar refractivity (Wildman–Crippen MR) is 216 cm³/mol. The van der Waals surface area contributed by atoms with Crippen molar-refractivity contribution in [2.75, 3.05) is 4.90 Å². The summed E-state index contributed by atoms with van der Waals surface area (Å²) in [6.07, 6.45) is 7.02. The van der Waals surface area contributed by atoms with Crippen molar-refractivity contribution < 1.29 is 0 Å². The lowest BCUT2D eigenvalue weighted by molar-refractivity contribution is -0.0399. The molecular formula is C50H40N2. The van der Waals surface area contributed by atoms with E-state index in [9.17, 15) is 0 Å². The molecule has 0 atom stereocenters. The summed E-state index contributed by atoms with van der Waals surface area (Å²) in [5, 5.41) is 5.08. The third-order valence-corrected chi connectivity index (χ3v) is 13.7. The molecule has 0 radical (unpaired) electrons. The molecule has 250 valence electrons. The molecule has 0 saturated heterocycles. The standard InChI is InChI=1S/C50H40N2/c1-2-13-37(14-3-1)52-48-19-9-7-17-43(48)44-30-38(22-24-49(44)52)51(47-20-10-12-34-11-4-5-15-40(34)47)39-21-23-42-41-16-6-8-18-45(41)50(46(42)31-39)35-26-32-25-33(28-35)29-36(50)27-32/h1-24,30-33,35-36H,25-29H2. The molecule has 5 aliphatic rings. The fourth-order valence-electron chi connectivity index (χ4n) is 12.1. The molecule has 8 aromatic rings. The van der Waals surface area contributed by atoms with Crippen LogP contribution in [0.25, 0.3) is 49.4 Å². The Morgan fingerprint density at radius 2 is 1.10 bits per heavy atom. The third kappa shape index (κ3) is 3.85. The lowest BCUT2D eigenvalue weighted by Gasteiger charge is -2.61. The summed E-state index contributed by atoms with van der Waals surface area (Å²) in [6.45, 7) is 0. The van der Waals surface area contributed by atoms with E-state index < -0.39 is 0 Å². The van der Waals surface area contributed by atoms with Gasteiger partial charge in [0, 0.05) is 38.6 Å². The van der Waals surface area contributed by atoms with Gasteiger partial charge in [0.1, 0.15) is 0 Å². The van der Waals surface area contributed by atoms with Crippen LogP contribution in [0.4, 0.5) is 17.1 Å². The van der Waals surface area contributed by atoms with Crippen LogP contribution in [0.1, 0.15) is 43.2 Å². The summed E-state index contributed by atoms with van der Waals surface area (Å²) < 4.78 is 2.42. The second-order valence-corrected chi connectivity index (χ2v) is 16.2. The van der Waals surface area contributed by atoms with Gasteiger partial charge in [-0.05, 0) is 138 Å². The van der Waals surface area contributed by atoms with E-state index in [2.05, 4.69) is 167 Å². The second kappa shape index (κ2) is 10.7. The van der Waals surface area contributed by atoms with Crippen molar-refractivity contribution in [2.24, 2.45) is 23.7 Å². The Morgan fingerprint density at radius 3 is 1.94 bits per heavy atom. The van der Waals surface area contributed by atoms with Gasteiger partial charge in [0.15, 0.2) is 0 Å². The number of hydrogen-bond donors (Lipinski definition) is 0. The molecule has 52 heavy (non-hydrogen) atoms. The first kappa shape index (κ1) is 29.0. The van der Waals surface area contributed by atoms with E-state index in [0.29, 0.717) is 0 Å². The Bertz CT molecular complexity index is 2680. The van der Waals surface area contributed by atoms with E-state index in [4.69, 9.17) is 0 Å². The quantitative estimate of drug-likeness (QED) is 0.181. The fourth-order valence-corrected chi connectivity index (χ4v) is 12.1. The molecule has 0 aliphatic heterocycles. The van der Waals surface area contributed by atoms with Crippen molar-refractivity contribution in [1.82, 2.24) is 4.57 Å². The summed E-state index contributed by atoms with van der Waals surface area (Å²) in [5.74, 6) is 3.30. The van der Waals surface area contributed by atoms with Crippen molar-refractivity contribution in [1.29, 1.82) is 0 Å². The van der Waals surface area contributed by atoms with Gasteiger partial charge >= 0.3 is 0 Å². The fraction of sp³-hybridized carbons (Fsp3) is 0.200. The van der Waals surface area contributed by atoms with E-state index >= 15 is 0 Å². The molecule has 7 aromatic carbocycles. The van der Waals surface area contributed by atoms with Crippen LogP contribution in [-0.4, -0.2) is 4.57 Å². The summed E-state index contributed by atoms with van der Waals surface area (Å²) in [7, 11) is 0. The van der Waals surface area contributed by atoms with Gasteiger partial charge in [0.05, 0.1) is 16.7 Å². The molecule has 0 amide bonds. The molecule has 4 fully saturated rings. The van der Waals surface area contributed by atoms with Gasteiger partial charge in [-0.2, -0.15) is 0 Å². The zero-order valence-corrected chi connectivity index (χ0v) is 29.3. The molecule has 0 unspecified atom stereocenters. The lowest BCUT2D eigenvalue weighted by atomic mass is 9.43. The Morgan fingerprint density at radius 1 is 0.462 bits per heavy atom. The van der Waals surface area contributed by atoms with E-state index in [1.165, 1.54) is 98.6 Å². The minimum atomic E-state index is 0.118.